The number of benzene rings is 1. The number of amides is 1. The van der Waals surface area contributed by atoms with E-state index in [4.69, 9.17) is 4.74 Å². The first-order valence-corrected chi connectivity index (χ1v) is 8.51. The Morgan fingerprint density at radius 3 is 3.04 bits per heavy atom. The number of hydrogen-bond acceptors (Lipinski definition) is 5. The van der Waals surface area contributed by atoms with Crippen LogP contribution in [0.4, 0.5) is 0 Å². The third kappa shape index (κ3) is 4.55. The molecule has 0 radical (unpaired) electrons. The van der Waals surface area contributed by atoms with E-state index < -0.39 is 0 Å². The first kappa shape index (κ1) is 17.4. The smallest absolute Gasteiger partial charge is 0.234 e. The number of nitrogens with one attached hydrogen (secondary N) is 2. The summed E-state index contributed by atoms with van der Waals surface area (Å²) in [6.45, 7) is 3.36. The predicted octanol–water partition coefficient (Wildman–Crippen LogP) is 1.35. The van der Waals surface area contributed by atoms with Gasteiger partial charge in [0.05, 0.1) is 19.7 Å². The molecule has 0 saturated carbocycles. The van der Waals surface area contributed by atoms with E-state index in [1.165, 1.54) is 0 Å². The van der Waals surface area contributed by atoms with Crippen molar-refractivity contribution in [2.24, 2.45) is 0 Å². The van der Waals surface area contributed by atoms with Crippen LogP contribution in [0, 0.1) is 0 Å². The van der Waals surface area contributed by atoms with Crippen LogP contribution in [0.25, 0.3) is 0 Å². The SMILES string of the molecule is COc1ccccc1C1CNCCN1CC(=O)NCc1cccnc1. The van der Waals surface area contributed by atoms with E-state index in [0.29, 0.717) is 13.1 Å². The predicted molar refractivity (Wildman–Crippen MR) is 96.3 cm³/mol. The zero-order valence-electron chi connectivity index (χ0n) is 14.4. The standard InChI is InChI=1S/C19H24N4O2/c1-25-18-7-3-2-6-16(18)17-13-21-9-10-23(17)14-19(24)22-12-15-5-4-8-20-11-15/h2-8,11,17,21H,9-10,12-14H2,1H3,(H,22,24). The monoisotopic (exact) mass is 340 g/mol. The van der Waals surface area contributed by atoms with Gasteiger partial charge >= 0.3 is 0 Å². The lowest BCUT2D eigenvalue weighted by Gasteiger charge is -2.36. The van der Waals surface area contributed by atoms with Gasteiger partial charge in [-0.3, -0.25) is 14.7 Å². The Hall–Kier alpha value is -2.44. The number of pyridine rings is 1. The van der Waals surface area contributed by atoms with Gasteiger partial charge in [0.2, 0.25) is 5.91 Å². The number of piperazine rings is 1. The molecule has 6 nitrogen and oxygen atoms in total. The van der Waals surface area contributed by atoms with Crippen LogP contribution >= 0.6 is 0 Å². The van der Waals surface area contributed by atoms with Crippen LogP contribution in [0.1, 0.15) is 17.2 Å². The fraction of sp³-hybridized carbons (Fsp3) is 0.368. The Labute approximate surface area is 148 Å². The van der Waals surface area contributed by atoms with Crippen molar-refractivity contribution in [2.75, 3.05) is 33.3 Å². The maximum Gasteiger partial charge on any atom is 0.234 e. The van der Waals surface area contributed by atoms with Gasteiger partial charge in [-0.05, 0) is 17.7 Å². The summed E-state index contributed by atoms with van der Waals surface area (Å²) in [6.07, 6.45) is 3.49. The summed E-state index contributed by atoms with van der Waals surface area (Å²) < 4.78 is 5.50. The Bertz CT molecular complexity index is 693. The van der Waals surface area contributed by atoms with Crippen LogP contribution in [0.15, 0.2) is 48.8 Å². The quantitative estimate of drug-likeness (QED) is 0.831. The molecule has 1 aliphatic rings. The molecular formula is C19H24N4O2. The van der Waals surface area contributed by atoms with E-state index in [-0.39, 0.29) is 11.9 Å². The molecule has 1 aromatic carbocycles. The third-order valence-electron chi connectivity index (χ3n) is 4.41. The second-order valence-corrected chi connectivity index (χ2v) is 6.07. The van der Waals surface area contributed by atoms with Crippen LogP contribution in [0.5, 0.6) is 5.75 Å². The molecule has 2 aromatic rings. The maximum atomic E-state index is 12.4. The van der Waals surface area contributed by atoms with E-state index in [1.54, 1.807) is 19.5 Å². The average molecular weight is 340 g/mol. The van der Waals surface area contributed by atoms with Crippen molar-refractivity contribution >= 4 is 5.91 Å². The second-order valence-electron chi connectivity index (χ2n) is 6.07. The van der Waals surface area contributed by atoms with Crippen molar-refractivity contribution in [1.82, 2.24) is 20.5 Å². The first-order chi connectivity index (χ1) is 12.3. The van der Waals surface area contributed by atoms with Crippen molar-refractivity contribution in [3.8, 4) is 5.75 Å². The zero-order valence-corrected chi connectivity index (χ0v) is 14.4. The number of hydrogen-bond donors (Lipinski definition) is 2. The van der Waals surface area contributed by atoms with Crippen LogP contribution in [0.2, 0.25) is 0 Å². The second kappa shape index (κ2) is 8.60. The lowest BCUT2D eigenvalue weighted by atomic mass is 10.0. The van der Waals surface area contributed by atoms with Crippen LogP contribution in [-0.4, -0.2) is 49.1 Å². The summed E-state index contributed by atoms with van der Waals surface area (Å²) in [5.41, 5.74) is 2.11. The molecule has 0 aliphatic carbocycles. The molecule has 2 N–H and O–H groups in total. The van der Waals surface area contributed by atoms with Crippen LogP contribution < -0.4 is 15.4 Å². The number of nitrogens with zero attached hydrogens (tertiary/aromatic N) is 2. The Morgan fingerprint density at radius 1 is 1.36 bits per heavy atom. The highest BCUT2D eigenvalue weighted by molar-refractivity contribution is 5.78. The van der Waals surface area contributed by atoms with Gasteiger partial charge in [-0.25, -0.2) is 0 Å². The molecule has 1 atom stereocenters. The minimum Gasteiger partial charge on any atom is -0.496 e. The lowest BCUT2D eigenvalue weighted by Crippen LogP contribution is -2.49. The summed E-state index contributed by atoms with van der Waals surface area (Å²) in [5, 5.41) is 6.38. The molecule has 2 heterocycles. The molecule has 0 spiro atoms. The Kier molecular flexibility index (Phi) is 5.98. The van der Waals surface area contributed by atoms with Crippen molar-refractivity contribution in [3.63, 3.8) is 0 Å². The molecule has 1 amide bonds. The van der Waals surface area contributed by atoms with E-state index >= 15 is 0 Å². The van der Waals surface area contributed by atoms with E-state index in [2.05, 4.69) is 26.6 Å². The lowest BCUT2D eigenvalue weighted by molar-refractivity contribution is -0.123. The number of carbonyl (C=O) groups excluding carboxylic acids is 1. The Morgan fingerprint density at radius 2 is 2.24 bits per heavy atom. The fourth-order valence-corrected chi connectivity index (χ4v) is 3.13. The molecule has 1 aliphatic heterocycles. The number of methoxy groups -OCH3 is 1. The normalized spacial score (nSPS) is 17.9. The van der Waals surface area contributed by atoms with Crippen molar-refractivity contribution in [1.29, 1.82) is 0 Å². The summed E-state index contributed by atoms with van der Waals surface area (Å²) in [6, 6.07) is 11.9. The zero-order chi connectivity index (χ0) is 17.5. The van der Waals surface area contributed by atoms with Gasteiger partial charge in [0.15, 0.2) is 0 Å². The molecule has 1 unspecified atom stereocenters. The first-order valence-electron chi connectivity index (χ1n) is 8.51. The molecule has 25 heavy (non-hydrogen) atoms. The molecule has 1 fully saturated rings. The molecular weight excluding hydrogens is 316 g/mol. The van der Waals surface area contributed by atoms with Crippen molar-refractivity contribution < 1.29 is 9.53 Å². The maximum absolute atomic E-state index is 12.4. The summed E-state index contributed by atoms with van der Waals surface area (Å²) in [7, 11) is 1.68. The summed E-state index contributed by atoms with van der Waals surface area (Å²) >= 11 is 0. The highest BCUT2D eigenvalue weighted by Crippen LogP contribution is 2.29. The number of aromatic nitrogens is 1. The third-order valence-corrected chi connectivity index (χ3v) is 4.41. The van der Waals surface area contributed by atoms with E-state index in [1.807, 2.05) is 30.3 Å². The summed E-state index contributed by atoms with van der Waals surface area (Å²) in [4.78, 5) is 18.7. The summed E-state index contributed by atoms with van der Waals surface area (Å²) in [5.74, 6) is 0.877. The molecule has 3 rings (SSSR count). The van der Waals surface area contributed by atoms with Gasteiger partial charge in [-0.2, -0.15) is 0 Å². The van der Waals surface area contributed by atoms with Gasteiger partial charge in [-0.1, -0.05) is 24.3 Å². The highest BCUT2D eigenvalue weighted by atomic mass is 16.5. The van der Waals surface area contributed by atoms with Crippen molar-refractivity contribution in [2.45, 2.75) is 12.6 Å². The molecule has 1 aromatic heterocycles. The van der Waals surface area contributed by atoms with Gasteiger partial charge in [-0.15, -0.1) is 0 Å². The minimum absolute atomic E-state index is 0.0191. The van der Waals surface area contributed by atoms with Gasteiger partial charge < -0.3 is 15.4 Å². The Balaban J connectivity index is 1.64. The van der Waals surface area contributed by atoms with Gasteiger partial charge in [0, 0.05) is 44.1 Å². The fourth-order valence-electron chi connectivity index (χ4n) is 3.13. The highest BCUT2D eigenvalue weighted by Gasteiger charge is 2.27. The number of rotatable bonds is 6. The number of para-hydroxylation sites is 1. The number of ether oxygens (including phenoxy) is 1. The topological polar surface area (TPSA) is 66.5 Å². The van der Waals surface area contributed by atoms with Gasteiger partial charge in [0.25, 0.3) is 0 Å². The molecule has 132 valence electrons. The van der Waals surface area contributed by atoms with Crippen LogP contribution in [0.3, 0.4) is 0 Å². The van der Waals surface area contributed by atoms with E-state index in [0.717, 1.165) is 36.5 Å². The van der Waals surface area contributed by atoms with Crippen LogP contribution in [-0.2, 0) is 11.3 Å². The molecule has 1 saturated heterocycles. The van der Waals surface area contributed by atoms with Gasteiger partial charge in [0.1, 0.15) is 5.75 Å². The number of carbonyl (C=O) groups is 1. The minimum atomic E-state index is 0.0191. The largest absolute Gasteiger partial charge is 0.496 e. The average Bonchev–Trinajstić information content (AvgIpc) is 2.67. The molecule has 0 bridgehead atoms. The van der Waals surface area contributed by atoms with Crippen molar-refractivity contribution in [3.05, 3.63) is 59.9 Å². The van der Waals surface area contributed by atoms with E-state index in [9.17, 15) is 4.79 Å². The molecule has 6 heteroatoms.